The van der Waals surface area contributed by atoms with E-state index in [2.05, 4.69) is 33.2 Å². The molecule has 156 valence electrons. The highest BCUT2D eigenvalue weighted by molar-refractivity contribution is 5.89. The highest BCUT2D eigenvalue weighted by Gasteiger charge is 2.23. The van der Waals surface area contributed by atoms with E-state index in [0.29, 0.717) is 11.5 Å². The quantitative estimate of drug-likeness (QED) is 0.607. The normalized spacial score (nSPS) is 15.6. The fourth-order valence-corrected chi connectivity index (χ4v) is 4.66. The average Bonchev–Trinajstić information content (AvgIpc) is 3.09. The number of pyridine rings is 1. The molecule has 6 nitrogen and oxygen atoms in total. The van der Waals surface area contributed by atoms with Crippen molar-refractivity contribution >= 4 is 17.3 Å². The summed E-state index contributed by atoms with van der Waals surface area (Å²) in [5, 5.41) is 13.5. The molecule has 0 saturated carbocycles. The molecule has 0 bridgehead atoms. The van der Waals surface area contributed by atoms with Crippen LogP contribution in [0.25, 0.3) is 0 Å². The van der Waals surface area contributed by atoms with E-state index in [4.69, 9.17) is 4.52 Å². The van der Waals surface area contributed by atoms with Crippen LogP contribution in [0.2, 0.25) is 0 Å². The molecule has 3 aromatic rings. The van der Waals surface area contributed by atoms with Crippen LogP contribution in [-0.4, -0.2) is 28.3 Å². The van der Waals surface area contributed by atoms with E-state index in [9.17, 15) is 9.90 Å². The van der Waals surface area contributed by atoms with Gasteiger partial charge in [0.1, 0.15) is 11.4 Å². The number of rotatable bonds is 6. The topological polar surface area (TPSA) is 79.5 Å². The monoisotopic (exact) mass is 405 g/mol. The number of hydrogen-bond donors (Lipinski definition) is 1. The van der Waals surface area contributed by atoms with Gasteiger partial charge >= 0.3 is 5.97 Å². The summed E-state index contributed by atoms with van der Waals surface area (Å²) < 4.78 is 5.33. The number of aromatic nitrogens is 2. The maximum absolute atomic E-state index is 11.5. The highest BCUT2D eigenvalue weighted by Crippen LogP contribution is 2.38. The average molecular weight is 405 g/mol. The van der Waals surface area contributed by atoms with Gasteiger partial charge in [0, 0.05) is 25.1 Å². The second-order valence-corrected chi connectivity index (χ2v) is 8.08. The van der Waals surface area contributed by atoms with Crippen LogP contribution in [0.1, 0.15) is 63.7 Å². The van der Waals surface area contributed by atoms with Gasteiger partial charge in [-0.1, -0.05) is 11.2 Å². The Balaban J connectivity index is 1.55. The summed E-state index contributed by atoms with van der Waals surface area (Å²) in [6.07, 6.45) is 8.24. The Morgan fingerprint density at radius 1 is 1.30 bits per heavy atom. The smallest absolute Gasteiger partial charge is 0.336 e. The van der Waals surface area contributed by atoms with Gasteiger partial charge in [0.2, 0.25) is 0 Å². The lowest BCUT2D eigenvalue weighted by Gasteiger charge is -2.28. The number of aryl methyl sites for hydroxylation is 4. The van der Waals surface area contributed by atoms with Crippen LogP contribution in [0.5, 0.6) is 0 Å². The predicted molar refractivity (Wildman–Crippen MR) is 116 cm³/mol. The zero-order valence-corrected chi connectivity index (χ0v) is 17.7. The SMILES string of the molecule is Cc1noc(C)c1N(C)c1ccc2c(c1)CCC[C@H]2CCc1cnccc1C(=O)O. The lowest BCUT2D eigenvalue weighted by molar-refractivity contribution is 0.0695. The van der Waals surface area contributed by atoms with Crippen LogP contribution in [0.15, 0.2) is 41.2 Å². The summed E-state index contributed by atoms with van der Waals surface area (Å²) in [5.41, 5.74) is 6.97. The second kappa shape index (κ2) is 8.30. The zero-order valence-electron chi connectivity index (χ0n) is 17.7. The van der Waals surface area contributed by atoms with E-state index < -0.39 is 5.97 Å². The van der Waals surface area contributed by atoms with Crippen molar-refractivity contribution in [1.29, 1.82) is 0 Å². The fraction of sp³-hybridized carbons (Fsp3) is 0.375. The van der Waals surface area contributed by atoms with Crippen molar-refractivity contribution in [2.45, 2.75) is 51.9 Å². The molecule has 0 fully saturated rings. The zero-order chi connectivity index (χ0) is 21.3. The Bertz CT molecular complexity index is 1050. The minimum absolute atomic E-state index is 0.359. The molecule has 30 heavy (non-hydrogen) atoms. The highest BCUT2D eigenvalue weighted by atomic mass is 16.5. The van der Waals surface area contributed by atoms with Gasteiger partial charge in [-0.2, -0.15) is 0 Å². The number of carboxylic acid groups (broad SMARTS) is 1. The molecule has 0 unspecified atom stereocenters. The largest absolute Gasteiger partial charge is 0.478 e. The minimum Gasteiger partial charge on any atom is -0.478 e. The van der Waals surface area contributed by atoms with Gasteiger partial charge in [0.25, 0.3) is 0 Å². The van der Waals surface area contributed by atoms with Crippen molar-refractivity contribution in [3.05, 3.63) is 70.4 Å². The molecular weight excluding hydrogens is 378 g/mol. The summed E-state index contributed by atoms with van der Waals surface area (Å²) in [4.78, 5) is 17.7. The lowest BCUT2D eigenvalue weighted by atomic mass is 9.79. The van der Waals surface area contributed by atoms with Gasteiger partial charge in [-0.15, -0.1) is 0 Å². The third-order valence-corrected chi connectivity index (χ3v) is 6.18. The maximum Gasteiger partial charge on any atom is 0.336 e. The van der Waals surface area contributed by atoms with Gasteiger partial charge in [-0.25, -0.2) is 4.79 Å². The lowest BCUT2D eigenvalue weighted by Crippen LogP contribution is -2.15. The van der Waals surface area contributed by atoms with Crippen LogP contribution in [0.3, 0.4) is 0 Å². The third kappa shape index (κ3) is 3.82. The number of carboxylic acids is 1. The summed E-state index contributed by atoms with van der Waals surface area (Å²) in [5.74, 6) is 0.369. The first-order valence-corrected chi connectivity index (χ1v) is 10.4. The summed E-state index contributed by atoms with van der Waals surface area (Å²) >= 11 is 0. The Morgan fingerprint density at radius 2 is 2.13 bits per heavy atom. The van der Waals surface area contributed by atoms with E-state index in [1.807, 2.05) is 20.9 Å². The van der Waals surface area contributed by atoms with Crippen LogP contribution >= 0.6 is 0 Å². The van der Waals surface area contributed by atoms with Gasteiger partial charge in [-0.05, 0) is 86.8 Å². The second-order valence-electron chi connectivity index (χ2n) is 8.08. The first kappa shape index (κ1) is 20.1. The number of aromatic carboxylic acids is 1. The molecule has 6 heteroatoms. The van der Waals surface area contributed by atoms with Gasteiger partial charge in [-0.3, -0.25) is 4.98 Å². The predicted octanol–water partition coefficient (Wildman–Crippen LogP) is 5.21. The maximum atomic E-state index is 11.5. The molecular formula is C24H27N3O3. The Hall–Kier alpha value is -3.15. The Kier molecular flexibility index (Phi) is 5.57. The Morgan fingerprint density at radius 3 is 2.87 bits per heavy atom. The first-order chi connectivity index (χ1) is 14.5. The van der Waals surface area contributed by atoms with Crippen molar-refractivity contribution < 1.29 is 14.4 Å². The fourth-order valence-electron chi connectivity index (χ4n) is 4.66. The van der Waals surface area contributed by atoms with Gasteiger partial charge in [0.05, 0.1) is 5.56 Å². The molecule has 1 aliphatic carbocycles. The first-order valence-electron chi connectivity index (χ1n) is 10.4. The standard InChI is InChI=1S/C24H27N3O3/c1-15-23(16(2)30-26-15)27(3)20-9-10-21-17(5-4-6-18(21)13-20)7-8-19-14-25-12-11-22(19)24(28)29/h9-14,17H,4-8H2,1-3H3,(H,28,29)/t17-/m0/s1. The van der Waals surface area contributed by atoms with Gasteiger partial charge < -0.3 is 14.5 Å². The third-order valence-electron chi connectivity index (χ3n) is 6.18. The number of benzene rings is 1. The Labute approximate surface area is 176 Å². The molecule has 2 heterocycles. The van der Waals surface area contributed by atoms with Crippen LogP contribution in [0.4, 0.5) is 11.4 Å². The van der Waals surface area contributed by atoms with Crippen molar-refractivity contribution in [3.8, 4) is 0 Å². The molecule has 0 spiro atoms. The van der Waals surface area contributed by atoms with Crippen molar-refractivity contribution in [2.24, 2.45) is 0 Å². The minimum atomic E-state index is -0.886. The van der Waals surface area contributed by atoms with Crippen molar-refractivity contribution in [2.75, 3.05) is 11.9 Å². The molecule has 1 atom stereocenters. The van der Waals surface area contributed by atoms with Crippen LogP contribution < -0.4 is 4.90 Å². The van der Waals surface area contributed by atoms with Crippen molar-refractivity contribution in [1.82, 2.24) is 10.1 Å². The molecule has 0 amide bonds. The van der Waals surface area contributed by atoms with E-state index in [1.54, 1.807) is 18.5 Å². The summed E-state index contributed by atoms with van der Waals surface area (Å²) in [7, 11) is 2.05. The molecule has 1 aromatic carbocycles. The summed E-state index contributed by atoms with van der Waals surface area (Å²) in [6.45, 7) is 3.89. The number of nitrogens with zero attached hydrogens (tertiary/aromatic N) is 3. The molecule has 1 N–H and O–H groups in total. The summed E-state index contributed by atoms with van der Waals surface area (Å²) in [6, 6.07) is 8.27. The van der Waals surface area contributed by atoms with E-state index in [-0.39, 0.29) is 0 Å². The molecule has 2 aromatic heterocycles. The molecule has 0 saturated heterocycles. The number of anilines is 2. The van der Waals surface area contributed by atoms with Gasteiger partial charge in [0.15, 0.2) is 5.76 Å². The molecule has 4 rings (SSSR count). The van der Waals surface area contributed by atoms with E-state index in [0.717, 1.165) is 60.5 Å². The van der Waals surface area contributed by atoms with E-state index in [1.165, 1.54) is 11.1 Å². The van der Waals surface area contributed by atoms with Crippen molar-refractivity contribution in [3.63, 3.8) is 0 Å². The number of fused-ring (bicyclic) bond motifs is 1. The molecule has 1 aliphatic rings. The molecule has 0 radical (unpaired) electrons. The van der Waals surface area contributed by atoms with E-state index >= 15 is 0 Å². The van der Waals surface area contributed by atoms with Crippen LogP contribution in [0, 0.1) is 13.8 Å². The molecule has 0 aliphatic heterocycles. The number of carbonyl (C=O) groups is 1. The number of hydrogen-bond acceptors (Lipinski definition) is 5. The van der Waals surface area contributed by atoms with Crippen LogP contribution in [-0.2, 0) is 12.8 Å².